The van der Waals surface area contributed by atoms with Crippen LogP contribution in [0.1, 0.15) is 44.1 Å². The van der Waals surface area contributed by atoms with E-state index in [1.165, 1.54) is 5.56 Å². The van der Waals surface area contributed by atoms with Crippen molar-refractivity contribution in [3.8, 4) is 17.6 Å². The van der Waals surface area contributed by atoms with Crippen LogP contribution in [0.4, 0.5) is 0 Å². The van der Waals surface area contributed by atoms with Crippen LogP contribution in [0, 0.1) is 16.7 Å². The van der Waals surface area contributed by atoms with Gasteiger partial charge < -0.3 is 9.47 Å². The average Bonchev–Trinajstić information content (AvgIpc) is 2.56. The maximum Gasteiger partial charge on any atom is 0.161 e. The molecule has 4 aliphatic rings. The molecule has 1 aromatic carbocycles. The van der Waals surface area contributed by atoms with E-state index in [9.17, 15) is 5.26 Å². The minimum Gasteiger partial charge on any atom is -0.486 e. The summed E-state index contributed by atoms with van der Waals surface area (Å²) in [6.45, 7) is 1.28. The maximum atomic E-state index is 9.39. The van der Waals surface area contributed by atoms with Gasteiger partial charge in [-0.3, -0.25) is 0 Å². The lowest BCUT2D eigenvalue weighted by atomic mass is 9.52. The van der Waals surface area contributed by atoms with Crippen LogP contribution in [0.5, 0.6) is 11.5 Å². The minimum absolute atomic E-state index is 0.0183. The quantitative estimate of drug-likeness (QED) is 0.782. The van der Waals surface area contributed by atoms with Gasteiger partial charge in [-0.2, -0.15) is 5.26 Å². The molecular formula is C17H19NO2. The largest absolute Gasteiger partial charge is 0.486 e. The number of nitriles is 1. The van der Waals surface area contributed by atoms with Gasteiger partial charge in [0, 0.05) is 0 Å². The van der Waals surface area contributed by atoms with Crippen LogP contribution in [0.2, 0.25) is 0 Å². The molecule has 5 rings (SSSR count). The zero-order valence-corrected chi connectivity index (χ0v) is 11.7. The number of ether oxygens (including phenoxy) is 2. The van der Waals surface area contributed by atoms with Gasteiger partial charge in [0.1, 0.15) is 13.2 Å². The standard InChI is InChI=1S/C17H19NO2/c18-12-16-3-6-17(7-4-16,8-5-16)13-1-2-14-15(11-13)20-10-9-19-14/h1-2,11H,3-10H2. The number of hydrogen-bond donors (Lipinski definition) is 0. The van der Waals surface area contributed by atoms with E-state index in [1.807, 2.05) is 0 Å². The molecule has 1 aromatic rings. The molecule has 0 aromatic heterocycles. The number of fused-ring (bicyclic) bond motifs is 4. The Bertz CT molecular complexity index is 563. The molecular weight excluding hydrogens is 250 g/mol. The van der Waals surface area contributed by atoms with Crippen molar-refractivity contribution in [3.05, 3.63) is 23.8 Å². The van der Waals surface area contributed by atoms with Gasteiger partial charge >= 0.3 is 0 Å². The van der Waals surface area contributed by atoms with Crippen LogP contribution in [-0.4, -0.2) is 13.2 Å². The lowest BCUT2D eigenvalue weighted by Gasteiger charge is -2.51. The molecule has 0 amide bonds. The number of rotatable bonds is 1. The lowest BCUT2D eigenvalue weighted by Crippen LogP contribution is -2.43. The third-order valence-electron chi connectivity index (χ3n) is 5.64. The second kappa shape index (κ2) is 4.15. The highest BCUT2D eigenvalue weighted by atomic mass is 16.6. The third kappa shape index (κ3) is 1.64. The van der Waals surface area contributed by atoms with E-state index in [0.29, 0.717) is 13.2 Å². The van der Waals surface area contributed by atoms with Crippen molar-refractivity contribution in [1.29, 1.82) is 5.26 Å². The smallest absolute Gasteiger partial charge is 0.161 e. The van der Waals surface area contributed by atoms with E-state index < -0.39 is 0 Å². The third-order valence-corrected chi connectivity index (χ3v) is 5.64. The fourth-order valence-corrected chi connectivity index (χ4v) is 4.16. The molecule has 1 aliphatic heterocycles. The van der Waals surface area contributed by atoms with Gasteiger partial charge in [-0.25, -0.2) is 0 Å². The van der Waals surface area contributed by atoms with E-state index in [0.717, 1.165) is 50.0 Å². The molecule has 0 atom stereocenters. The van der Waals surface area contributed by atoms with Crippen molar-refractivity contribution in [2.45, 2.75) is 43.9 Å². The van der Waals surface area contributed by atoms with Gasteiger partial charge in [0.05, 0.1) is 11.5 Å². The molecule has 3 saturated carbocycles. The van der Waals surface area contributed by atoms with Crippen LogP contribution < -0.4 is 9.47 Å². The Kier molecular flexibility index (Phi) is 2.51. The summed E-state index contributed by atoms with van der Waals surface area (Å²) in [5, 5.41) is 9.39. The van der Waals surface area contributed by atoms with E-state index in [1.54, 1.807) is 0 Å². The second-order valence-corrected chi connectivity index (χ2v) is 6.53. The Labute approximate surface area is 119 Å². The summed E-state index contributed by atoms with van der Waals surface area (Å²) in [6, 6.07) is 9.02. The SMILES string of the molecule is N#CC12CCC(c3ccc4c(c3)OCCO4)(CC1)CC2. The summed E-state index contributed by atoms with van der Waals surface area (Å²) in [7, 11) is 0. The molecule has 104 valence electrons. The molecule has 20 heavy (non-hydrogen) atoms. The first-order chi connectivity index (χ1) is 9.75. The second-order valence-electron chi connectivity index (χ2n) is 6.53. The van der Waals surface area contributed by atoms with E-state index in [-0.39, 0.29) is 10.8 Å². The first-order valence-electron chi connectivity index (χ1n) is 7.57. The van der Waals surface area contributed by atoms with Gasteiger partial charge in [0.2, 0.25) is 0 Å². The minimum atomic E-state index is -0.0183. The maximum absolute atomic E-state index is 9.39. The molecule has 3 aliphatic carbocycles. The Morgan fingerprint density at radius 2 is 1.55 bits per heavy atom. The van der Waals surface area contributed by atoms with Gasteiger partial charge in [-0.1, -0.05) is 6.07 Å². The molecule has 2 bridgehead atoms. The number of benzene rings is 1. The summed E-state index contributed by atoms with van der Waals surface area (Å²) in [6.07, 6.45) is 6.58. The van der Waals surface area contributed by atoms with E-state index >= 15 is 0 Å². The summed E-state index contributed by atoms with van der Waals surface area (Å²) in [5.74, 6) is 1.76. The van der Waals surface area contributed by atoms with Crippen LogP contribution in [0.15, 0.2) is 18.2 Å². The van der Waals surface area contributed by atoms with Crippen molar-refractivity contribution >= 4 is 0 Å². The zero-order valence-electron chi connectivity index (χ0n) is 11.7. The fourth-order valence-electron chi connectivity index (χ4n) is 4.16. The van der Waals surface area contributed by atoms with Crippen molar-refractivity contribution in [3.63, 3.8) is 0 Å². The topological polar surface area (TPSA) is 42.2 Å². The summed E-state index contributed by atoms with van der Waals surface area (Å²) in [5.41, 5.74) is 1.64. The van der Waals surface area contributed by atoms with Crippen molar-refractivity contribution in [1.82, 2.24) is 0 Å². The average molecular weight is 269 g/mol. The molecule has 3 heteroatoms. The Morgan fingerprint density at radius 1 is 0.900 bits per heavy atom. The molecule has 3 fully saturated rings. The predicted molar refractivity (Wildman–Crippen MR) is 74.9 cm³/mol. The van der Waals surface area contributed by atoms with Gasteiger partial charge in [0.25, 0.3) is 0 Å². The van der Waals surface area contributed by atoms with Crippen LogP contribution in [-0.2, 0) is 5.41 Å². The highest BCUT2D eigenvalue weighted by molar-refractivity contribution is 5.46. The Hall–Kier alpha value is -1.69. The summed E-state index contributed by atoms with van der Waals surface area (Å²) < 4.78 is 11.3. The lowest BCUT2D eigenvalue weighted by molar-refractivity contribution is 0.0843. The highest BCUT2D eigenvalue weighted by Gasteiger charge is 2.49. The van der Waals surface area contributed by atoms with Crippen LogP contribution in [0.3, 0.4) is 0 Å². The first-order valence-corrected chi connectivity index (χ1v) is 7.57. The van der Waals surface area contributed by atoms with E-state index in [4.69, 9.17) is 9.47 Å². The molecule has 0 unspecified atom stereocenters. The van der Waals surface area contributed by atoms with Gasteiger partial charge in [-0.05, 0) is 61.6 Å². The molecule has 0 radical (unpaired) electrons. The summed E-state index contributed by atoms with van der Waals surface area (Å²) >= 11 is 0. The van der Waals surface area contributed by atoms with Gasteiger partial charge in [-0.15, -0.1) is 0 Å². The van der Waals surface area contributed by atoms with Crippen LogP contribution >= 0.6 is 0 Å². The fraction of sp³-hybridized carbons (Fsp3) is 0.588. The normalized spacial score (nSPS) is 34.5. The monoisotopic (exact) mass is 269 g/mol. The van der Waals surface area contributed by atoms with E-state index in [2.05, 4.69) is 24.3 Å². The molecule has 0 saturated heterocycles. The van der Waals surface area contributed by atoms with Crippen LogP contribution in [0.25, 0.3) is 0 Å². The molecule has 3 nitrogen and oxygen atoms in total. The Morgan fingerprint density at radius 3 is 2.20 bits per heavy atom. The Balaban J connectivity index is 1.67. The number of nitrogens with zero attached hydrogens (tertiary/aromatic N) is 1. The van der Waals surface area contributed by atoms with Crippen molar-refractivity contribution < 1.29 is 9.47 Å². The highest BCUT2D eigenvalue weighted by Crippen LogP contribution is 2.58. The number of hydrogen-bond acceptors (Lipinski definition) is 3. The van der Waals surface area contributed by atoms with Gasteiger partial charge in [0.15, 0.2) is 11.5 Å². The molecule has 0 spiro atoms. The zero-order chi connectivity index (χ0) is 13.6. The summed E-state index contributed by atoms with van der Waals surface area (Å²) in [4.78, 5) is 0. The first kappa shape index (κ1) is 12.1. The van der Waals surface area contributed by atoms with Crippen molar-refractivity contribution in [2.75, 3.05) is 13.2 Å². The molecule has 1 heterocycles. The predicted octanol–water partition coefficient (Wildman–Crippen LogP) is 3.57. The molecule has 0 N–H and O–H groups in total. The van der Waals surface area contributed by atoms with Crippen molar-refractivity contribution in [2.24, 2.45) is 5.41 Å².